The molecule has 0 saturated carbocycles. The molecule has 3 rings (SSSR count). The van der Waals surface area contributed by atoms with Crippen molar-refractivity contribution in [3.63, 3.8) is 0 Å². The van der Waals surface area contributed by atoms with E-state index in [-0.39, 0.29) is 23.5 Å². The highest BCUT2D eigenvalue weighted by Gasteiger charge is 2.27. The number of anilines is 1. The minimum absolute atomic E-state index is 0.0252. The van der Waals surface area contributed by atoms with Crippen LogP contribution in [0.15, 0.2) is 54.2 Å². The SMILES string of the molecule is C=CCn1c(SCC(=O)Nc2c(C)cc(I)cc2C)nnc1[C@@H](NC(=O)c1ccccc1Cl)C(C)C. The fourth-order valence-corrected chi connectivity index (χ4v) is 5.66. The Hall–Kier alpha value is -2.37. The van der Waals surface area contributed by atoms with Crippen molar-refractivity contribution < 1.29 is 9.59 Å². The van der Waals surface area contributed by atoms with Crippen LogP contribution < -0.4 is 10.6 Å². The largest absolute Gasteiger partial charge is 0.342 e. The molecule has 190 valence electrons. The summed E-state index contributed by atoms with van der Waals surface area (Å²) in [5, 5.41) is 15.7. The van der Waals surface area contributed by atoms with Gasteiger partial charge in [0.05, 0.1) is 22.4 Å². The molecule has 0 fully saturated rings. The molecule has 1 atom stereocenters. The second-order valence-corrected chi connectivity index (χ2v) is 11.3. The topological polar surface area (TPSA) is 88.9 Å². The summed E-state index contributed by atoms with van der Waals surface area (Å²) < 4.78 is 3.01. The van der Waals surface area contributed by atoms with Crippen LogP contribution in [-0.4, -0.2) is 32.3 Å². The lowest BCUT2D eigenvalue weighted by Gasteiger charge is -2.23. The summed E-state index contributed by atoms with van der Waals surface area (Å²) in [6.45, 7) is 12.2. The number of carbonyl (C=O) groups is 2. The van der Waals surface area contributed by atoms with Crippen molar-refractivity contribution in [2.45, 2.75) is 45.4 Å². The summed E-state index contributed by atoms with van der Waals surface area (Å²) in [5.74, 6) is 0.368. The number of hydrogen-bond acceptors (Lipinski definition) is 5. The van der Waals surface area contributed by atoms with Crippen LogP contribution in [0, 0.1) is 23.3 Å². The average molecular weight is 638 g/mol. The van der Waals surface area contributed by atoms with Crippen molar-refractivity contribution >= 4 is 63.5 Å². The van der Waals surface area contributed by atoms with Gasteiger partial charge in [-0.2, -0.15) is 0 Å². The van der Waals surface area contributed by atoms with Gasteiger partial charge in [0.25, 0.3) is 5.91 Å². The van der Waals surface area contributed by atoms with Gasteiger partial charge in [0.1, 0.15) is 0 Å². The number of nitrogens with zero attached hydrogens (tertiary/aromatic N) is 3. The van der Waals surface area contributed by atoms with Crippen LogP contribution >= 0.6 is 46.0 Å². The first kappa shape index (κ1) is 28.2. The Kier molecular flexibility index (Phi) is 9.98. The van der Waals surface area contributed by atoms with Crippen LogP contribution in [0.2, 0.25) is 5.02 Å². The highest BCUT2D eigenvalue weighted by atomic mass is 127. The molecule has 0 radical (unpaired) electrons. The fraction of sp³-hybridized carbons (Fsp3) is 0.308. The van der Waals surface area contributed by atoms with E-state index in [1.807, 2.05) is 44.4 Å². The number of amides is 2. The van der Waals surface area contributed by atoms with E-state index in [2.05, 4.69) is 50.0 Å². The molecule has 0 aliphatic carbocycles. The van der Waals surface area contributed by atoms with Crippen molar-refractivity contribution in [3.8, 4) is 0 Å². The van der Waals surface area contributed by atoms with E-state index in [4.69, 9.17) is 11.6 Å². The summed E-state index contributed by atoms with van der Waals surface area (Å²) >= 11 is 9.78. The summed E-state index contributed by atoms with van der Waals surface area (Å²) in [6, 6.07) is 10.6. The van der Waals surface area contributed by atoms with Gasteiger partial charge in [-0.3, -0.25) is 9.59 Å². The first-order valence-corrected chi connectivity index (χ1v) is 13.8. The van der Waals surface area contributed by atoms with E-state index in [0.717, 1.165) is 20.4 Å². The maximum atomic E-state index is 13.0. The number of nitrogens with one attached hydrogen (secondary N) is 2. The molecule has 0 saturated heterocycles. The highest BCUT2D eigenvalue weighted by Crippen LogP contribution is 2.27. The van der Waals surface area contributed by atoms with Crippen LogP contribution in [0.1, 0.15) is 47.2 Å². The minimum Gasteiger partial charge on any atom is -0.342 e. The van der Waals surface area contributed by atoms with Gasteiger partial charge in [0.15, 0.2) is 11.0 Å². The van der Waals surface area contributed by atoms with Crippen molar-refractivity contribution in [2.75, 3.05) is 11.1 Å². The van der Waals surface area contributed by atoms with Gasteiger partial charge in [-0.05, 0) is 77.7 Å². The Morgan fingerprint density at radius 2 is 1.86 bits per heavy atom. The van der Waals surface area contributed by atoms with E-state index in [9.17, 15) is 9.59 Å². The molecular weight excluding hydrogens is 609 g/mol. The predicted molar refractivity (Wildman–Crippen MR) is 155 cm³/mol. The smallest absolute Gasteiger partial charge is 0.253 e. The van der Waals surface area contributed by atoms with Crippen molar-refractivity contribution in [2.24, 2.45) is 5.92 Å². The fourth-order valence-electron chi connectivity index (χ4n) is 3.74. The Balaban J connectivity index is 1.78. The van der Waals surface area contributed by atoms with Gasteiger partial charge >= 0.3 is 0 Å². The van der Waals surface area contributed by atoms with Crippen LogP contribution in [-0.2, 0) is 11.3 Å². The third-order valence-electron chi connectivity index (χ3n) is 5.50. The molecule has 0 unspecified atom stereocenters. The number of allylic oxidation sites excluding steroid dienone is 1. The molecule has 0 spiro atoms. The standard InChI is InChI=1S/C26H29ClIN5O2S/c1-6-11-33-24(22(15(2)3)30-25(35)19-9-7-8-10-20(19)27)31-32-26(33)36-14-21(34)29-23-16(4)12-18(28)13-17(23)5/h6-10,12-13,15,22H,1,11,14H2,2-5H3,(H,29,34)(H,30,35)/t22-/m0/s1. The van der Waals surface area contributed by atoms with Crippen LogP contribution in [0.3, 0.4) is 0 Å². The molecule has 10 heteroatoms. The van der Waals surface area contributed by atoms with Crippen molar-refractivity contribution in [1.82, 2.24) is 20.1 Å². The van der Waals surface area contributed by atoms with E-state index in [1.54, 1.807) is 30.3 Å². The monoisotopic (exact) mass is 637 g/mol. The van der Waals surface area contributed by atoms with Crippen LogP contribution in [0.25, 0.3) is 0 Å². The van der Waals surface area contributed by atoms with Gasteiger partial charge in [-0.15, -0.1) is 16.8 Å². The summed E-state index contributed by atoms with van der Waals surface area (Å²) in [7, 11) is 0. The Morgan fingerprint density at radius 3 is 2.47 bits per heavy atom. The van der Waals surface area contributed by atoms with Crippen molar-refractivity contribution in [3.05, 3.63) is 80.2 Å². The quantitative estimate of drug-likeness (QED) is 0.157. The molecule has 1 aromatic heterocycles. The summed E-state index contributed by atoms with van der Waals surface area (Å²) in [6.07, 6.45) is 1.74. The molecular formula is C26H29ClIN5O2S. The Morgan fingerprint density at radius 1 is 1.19 bits per heavy atom. The van der Waals surface area contributed by atoms with E-state index >= 15 is 0 Å². The molecule has 2 N–H and O–H groups in total. The third kappa shape index (κ3) is 6.89. The summed E-state index contributed by atoms with van der Waals surface area (Å²) in [4.78, 5) is 25.7. The van der Waals surface area contributed by atoms with Gasteiger partial charge in [-0.25, -0.2) is 0 Å². The average Bonchev–Trinajstić information content (AvgIpc) is 3.20. The Bertz CT molecular complexity index is 1250. The molecule has 7 nitrogen and oxygen atoms in total. The van der Waals surface area contributed by atoms with E-state index < -0.39 is 6.04 Å². The molecule has 3 aromatic rings. The number of benzene rings is 2. The molecule has 2 amide bonds. The zero-order chi connectivity index (χ0) is 26.4. The number of thioether (sulfide) groups is 1. The second-order valence-electron chi connectivity index (χ2n) is 8.67. The number of hydrogen-bond donors (Lipinski definition) is 2. The Labute approximate surface area is 234 Å². The highest BCUT2D eigenvalue weighted by molar-refractivity contribution is 14.1. The molecule has 1 heterocycles. The number of aryl methyl sites for hydroxylation is 2. The molecule has 2 aromatic carbocycles. The molecule has 0 bridgehead atoms. The first-order valence-electron chi connectivity index (χ1n) is 11.4. The second kappa shape index (κ2) is 12.7. The van der Waals surface area contributed by atoms with Gasteiger partial charge in [0.2, 0.25) is 5.91 Å². The first-order chi connectivity index (χ1) is 17.1. The third-order valence-corrected chi connectivity index (χ3v) is 7.42. The van der Waals surface area contributed by atoms with Crippen LogP contribution in [0.5, 0.6) is 0 Å². The number of aromatic nitrogens is 3. The van der Waals surface area contributed by atoms with Crippen molar-refractivity contribution in [1.29, 1.82) is 0 Å². The summed E-state index contributed by atoms with van der Waals surface area (Å²) in [5.41, 5.74) is 3.26. The predicted octanol–water partition coefficient (Wildman–Crippen LogP) is 6.20. The lowest BCUT2D eigenvalue weighted by Crippen LogP contribution is -2.34. The molecule has 0 aliphatic heterocycles. The molecule has 36 heavy (non-hydrogen) atoms. The lowest BCUT2D eigenvalue weighted by molar-refractivity contribution is -0.113. The minimum atomic E-state index is -0.415. The number of rotatable bonds is 10. The lowest BCUT2D eigenvalue weighted by atomic mass is 10.0. The van der Waals surface area contributed by atoms with Gasteiger partial charge < -0.3 is 15.2 Å². The van der Waals surface area contributed by atoms with E-state index in [0.29, 0.717) is 28.1 Å². The normalized spacial score (nSPS) is 11.9. The zero-order valence-corrected chi connectivity index (χ0v) is 24.4. The molecule has 0 aliphatic rings. The van der Waals surface area contributed by atoms with Gasteiger partial charge in [0, 0.05) is 15.8 Å². The zero-order valence-electron chi connectivity index (χ0n) is 20.6. The maximum Gasteiger partial charge on any atom is 0.253 e. The maximum absolute atomic E-state index is 13.0. The van der Waals surface area contributed by atoms with E-state index in [1.165, 1.54) is 11.8 Å². The van der Waals surface area contributed by atoms with Crippen LogP contribution in [0.4, 0.5) is 5.69 Å². The number of carbonyl (C=O) groups excluding carboxylic acids is 2. The van der Waals surface area contributed by atoms with Gasteiger partial charge in [-0.1, -0.05) is 55.4 Å². The number of halogens is 2.